The molecule has 0 nitrogen and oxygen atoms in total. The van der Waals surface area contributed by atoms with Gasteiger partial charge in [-0.1, -0.05) is 190 Å². The molecule has 0 N–H and O–H groups in total. The minimum atomic E-state index is -0.797. The highest BCUT2D eigenvalue weighted by Crippen LogP contribution is 2.47. The van der Waals surface area contributed by atoms with E-state index < -0.39 is 15.8 Å². The summed E-state index contributed by atoms with van der Waals surface area (Å²) < 4.78 is 0. The summed E-state index contributed by atoms with van der Waals surface area (Å²) in [5, 5.41) is 8.48. The fourth-order valence-electron chi connectivity index (χ4n) is 5.59. The van der Waals surface area contributed by atoms with Gasteiger partial charge in [-0.2, -0.15) is 0 Å². The molecule has 0 aliphatic rings. The second kappa shape index (κ2) is 13.6. The lowest BCUT2D eigenvalue weighted by Gasteiger charge is -2.28. The Bertz CT molecular complexity index is 1710. The SMILES string of the molecule is c1ccc(-c2cc(-c3ccccc3)c(P(c3ccccc3)c3ccccc3)pc2P(c2ccccc2)c2ccccc2)cc1. The molecule has 3 heteroatoms. The molecular weight excluding hydrogens is 585 g/mol. The van der Waals surface area contributed by atoms with Gasteiger partial charge in [-0.3, -0.25) is 0 Å². The molecule has 1 heterocycles. The summed E-state index contributed by atoms with van der Waals surface area (Å²) in [5.74, 6) is 0. The summed E-state index contributed by atoms with van der Waals surface area (Å²) in [6, 6.07) is 69.0. The molecule has 44 heavy (non-hydrogen) atoms. The minimum absolute atomic E-state index is 0.797. The van der Waals surface area contributed by atoms with Crippen LogP contribution in [-0.2, 0) is 0 Å². The van der Waals surface area contributed by atoms with Gasteiger partial charge in [-0.05, 0) is 65.4 Å². The molecule has 0 bridgehead atoms. The third-order valence-corrected chi connectivity index (χ3v) is 14.9. The first-order valence-electron chi connectivity index (χ1n) is 14.8. The van der Waals surface area contributed by atoms with E-state index in [0.717, 1.165) is 0 Å². The Morgan fingerprint density at radius 2 is 0.545 bits per heavy atom. The van der Waals surface area contributed by atoms with Crippen molar-refractivity contribution >= 4 is 55.3 Å². The van der Waals surface area contributed by atoms with E-state index in [4.69, 9.17) is 0 Å². The minimum Gasteiger partial charge on any atom is -0.0622 e. The van der Waals surface area contributed by atoms with E-state index in [1.54, 1.807) is 0 Å². The van der Waals surface area contributed by atoms with Crippen LogP contribution in [0.15, 0.2) is 188 Å². The lowest BCUT2D eigenvalue weighted by Crippen LogP contribution is -2.25. The van der Waals surface area contributed by atoms with E-state index in [1.165, 1.54) is 61.7 Å². The van der Waals surface area contributed by atoms with Crippen LogP contribution in [0.4, 0.5) is 0 Å². The predicted molar refractivity (Wildman–Crippen MR) is 197 cm³/mol. The lowest BCUT2D eigenvalue weighted by molar-refractivity contribution is 1.65. The van der Waals surface area contributed by atoms with Crippen molar-refractivity contribution in [1.82, 2.24) is 0 Å². The monoisotopic (exact) mass is 616 g/mol. The molecule has 0 saturated carbocycles. The van der Waals surface area contributed by atoms with E-state index in [2.05, 4.69) is 188 Å². The van der Waals surface area contributed by atoms with Gasteiger partial charge in [-0.25, -0.2) is 0 Å². The van der Waals surface area contributed by atoms with Crippen molar-refractivity contribution in [2.24, 2.45) is 0 Å². The van der Waals surface area contributed by atoms with Crippen LogP contribution < -0.4 is 31.3 Å². The average molecular weight is 617 g/mol. The highest BCUT2D eigenvalue weighted by molar-refractivity contribution is 7.92. The molecule has 7 aromatic rings. The second-order valence-corrected chi connectivity index (χ2v) is 16.6. The fraction of sp³-hybridized carbons (Fsp3) is 0. The first kappa shape index (κ1) is 28.6. The predicted octanol–water partition coefficient (Wildman–Crippen LogP) is 9.12. The third kappa shape index (κ3) is 6.09. The quantitative estimate of drug-likeness (QED) is 0.150. The molecule has 0 saturated heterocycles. The summed E-state index contributed by atoms with van der Waals surface area (Å²) >= 11 is 0. The maximum absolute atomic E-state index is 2.51. The standard InChI is InChI=1S/C41H31P3/c1-7-19-32(20-8-1)38-31-39(33-21-9-2-10-22-33)41(44(36-27-15-5-16-28-36)37-29-17-6-18-30-37)42-40(38)43(34-23-11-3-12-24-34)35-25-13-4-14-26-35/h1-31H. The van der Waals surface area contributed by atoms with Crippen LogP contribution in [0.5, 0.6) is 0 Å². The van der Waals surface area contributed by atoms with Gasteiger partial charge < -0.3 is 0 Å². The van der Waals surface area contributed by atoms with Crippen LogP contribution in [0.25, 0.3) is 22.3 Å². The van der Waals surface area contributed by atoms with Gasteiger partial charge in [0.05, 0.1) is 0 Å². The smallest absolute Gasteiger partial charge is 0.0205 e. The van der Waals surface area contributed by atoms with Crippen LogP contribution in [-0.4, -0.2) is 0 Å². The first-order valence-corrected chi connectivity index (χ1v) is 18.4. The van der Waals surface area contributed by atoms with E-state index in [1.807, 2.05) is 0 Å². The molecule has 0 atom stereocenters. The molecule has 210 valence electrons. The number of benzene rings is 6. The zero-order chi connectivity index (χ0) is 29.6. The van der Waals surface area contributed by atoms with Crippen molar-refractivity contribution in [3.63, 3.8) is 0 Å². The fourth-order valence-corrected chi connectivity index (χ4v) is 13.8. The molecule has 7 rings (SSSR count). The normalized spacial score (nSPS) is 11.1. The molecule has 0 aliphatic carbocycles. The summed E-state index contributed by atoms with van der Waals surface area (Å²) in [4.78, 5) is 0. The molecule has 0 spiro atoms. The van der Waals surface area contributed by atoms with Crippen molar-refractivity contribution in [3.05, 3.63) is 188 Å². The summed E-state index contributed by atoms with van der Waals surface area (Å²) in [6.07, 6.45) is 0. The van der Waals surface area contributed by atoms with Gasteiger partial charge in [0.25, 0.3) is 0 Å². The molecule has 0 aliphatic heterocycles. The van der Waals surface area contributed by atoms with Crippen LogP contribution in [0.1, 0.15) is 0 Å². The molecule has 0 unspecified atom stereocenters. The Balaban J connectivity index is 1.60. The van der Waals surface area contributed by atoms with Crippen LogP contribution in [0.3, 0.4) is 0 Å². The zero-order valence-electron chi connectivity index (χ0n) is 24.2. The van der Waals surface area contributed by atoms with Gasteiger partial charge in [0, 0.05) is 10.1 Å². The van der Waals surface area contributed by atoms with E-state index in [0.29, 0.717) is 0 Å². The van der Waals surface area contributed by atoms with Crippen LogP contribution in [0, 0.1) is 0 Å². The van der Waals surface area contributed by atoms with E-state index in [9.17, 15) is 0 Å². The Hall–Kier alpha value is -4.17. The van der Waals surface area contributed by atoms with Crippen molar-refractivity contribution in [3.8, 4) is 22.3 Å². The van der Waals surface area contributed by atoms with Crippen LogP contribution in [0.2, 0.25) is 0 Å². The second-order valence-electron chi connectivity index (χ2n) is 10.5. The Labute approximate surface area is 264 Å². The molecular formula is C41H31P3. The van der Waals surface area contributed by atoms with Crippen molar-refractivity contribution in [2.45, 2.75) is 0 Å². The van der Waals surface area contributed by atoms with E-state index >= 15 is 0 Å². The third-order valence-electron chi connectivity index (χ3n) is 7.63. The Morgan fingerprint density at radius 3 is 0.818 bits per heavy atom. The largest absolute Gasteiger partial charge is 0.0622 e. The summed E-state index contributed by atoms with van der Waals surface area (Å²) in [5.41, 5.74) is 5.21. The number of hydrogen-bond acceptors (Lipinski definition) is 0. The van der Waals surface area contributed by atoms with Gasteiger partial charge in [0.1, 0.15) is 0 Å². The van der Waals surface area contributed by atoms with Crippen LogP contribution >= 0.6 is 24.0 Å². The highest BCUT2D eigenvalue weighted by atomic mass is 31.2. The van der Waals surface area contributed by atoms with Gasteiger partial charge >= 0.3 is 0 Å². The molecule has 0 amide bonds. The van der Waals surface area contributed by atoms with Crippen molar-refractivity contribution in [1.29, 1.82) is 0 Å². The Kier molecular flexibility index (Phi) is 8.86. The van der Waals surface area contributed by atoms with E-state index in [-0.39, 0.29) is 0 Å². The average Bonchev–Trinajstić information content (AvgIpc) is 3.11. The molecule has 0 fully saturated rings. The van der Waals surface area contributed by atoms with Crippen molar-refractivity contribution in [2.75, 3.05) is 0 Å². The summed E-state index contributed by atoms with van der Waals surface area (Å²) in [6.45, 7) is 0. The zero-order valence-corrected chi connectivity index (χ0v) is 26.9. The van der Waals surface area contributed by atoms with Gasteiger partial charge in [0.15, 0.2) is 0 Å². The van der Waals surface area contributed by atoms with Gasteiger partial charge in [-0.15, -0.1) is 0 Å². The number of hydrogen-bond donors (Lipinski definition) is 0. The molecule has 0 radical (unpaired) electrons. The summed E-state index contributed by atoms with van der Waals surface area (Å²) in [7, 11) is -0.312. The first-order chi connectivity index (χ1) is 21.9. The topological polar surface area (TPSA) is 0 Å². The highest BCUT2D eigenvalue weighted by Gasteiger charge is 2.27. The molecule has 6 aromatic carbocycles. The lowest BCUT2D eigenvalue weighted by atomic mass is 10.0. The maximum Gasteiger partial charge on any atom is 0.0205 e. The van der Waals surface area contributed by atoms with Gasteiger partial charge in [0.2, 0.25) is 0 Å². The maximum atomic E-state index is 2.51. The molecule has 1 aromatic heterocycles. The Morgan fingerprint density at radius 1 is 0.295 bits per heavy atom. The van der Waals surface area contributed by atoms with Crippen molar-refractivity contribution < 1.29 is 0 Å². The number of rotatable bonds is 8.